The molecule has 0 aromatic carbocycles. The molecule has 0 saturated heterocycles. The van der Waals surface area contributed by atoms with Crippen LogP contribution < -0.4 is 11.1 Å². The Balaban J connectivity index is 2.31. The van der Waals surface area contributed by atoms with E-state index in [9.17, 15) is 0 Å². The zero-order valence-electron chi connectivity index (χ0n) is 11.7. The molecule has 0 radical (unpaired) electrons. The van der Waals surface area contributed by atoms with E-state index in [1.54, 1.807) is 7.11 Å². The number of methoxy groups -OCH3 is 1. The molecule has 0 bridgehead atoms. The van der Waals surface area contributed by atoms with Gasteiger partial charge in [-0.1, -0.05) is 12.2 Å². The highest BCUT2D eigenvalue weighted by Gasteiger charge is 2.28. The Labute approximate surface area is 119 Å². The minimum absolute atomic E-state index is 0.257. The van der Waals surface area contributed by atoms with E-state index in [1.165, 1.54) is 6.42 Å². The molecule has 0 amide bonds. The van der Waals surface area contributed by atoms with Crippen LogP contribution in [0.4, 0.5) is 5.69 Å². The maximum Gasteiger partial charge on any atom is 0.107 e. The Hall–Kier alpha value is -1.20. The lowest BCUT2D eigenvalue weighted by molar-refractivity contribution is 0.101. The summed E-state index contributed by atoms with van der Waals surface area (Å²) in [6, 6.07) is 2.33. The number of nitrogens with zero attached hydrogens (tertiary/aromatic N) is 1. The lowest BCUT2D eigenvalue weighted by Gasteiger charge is -2.23. The van der Waals surface area contributed by atoms with Crippen LogP contribution in [0.25, 0.3) is 0 Å². The summed E-state index contributed by atoms with van der Waals surface area (Å²) in [7, 11) is 1.77. The summed E-state index contributed by atoms with van der Waals surface area (Å²) in [4.78, 5) is 4.82. The first-order chi connectivity index (χ1) is 9.02. The van der Waals surface area contributed by atoms with Crippen molar-refractivity contribution >= 4 is 22.9 Å². The summed E-state index contributed by atoms with van der Waals surface area (Å²) < 4.78 is 5.51. The Morgan fingerprint density at radius 2 is 2.21 bits per heavy atom. The van der Waals surface area contributed by atoms with Gasteiger partial charge in [0.2, 0.25) is 0 Å². The zero-order chi connectivity index (χ0) is 14.0. The number of hydrogen-bond acceptors (Lipinski definition) is 4. The number of hydrogen-bond donors (Lipinski definition) is 2. The first-order valence-electron chi connectivity index (χ1n) is 6.60. The molecular formula is C14H21N3OS. The van der Waals surface area contributed by atoms with Crippen molar-refractivity contribution in [3.05, 3.63) is 23.0 Å². The molecule has 1 aliphatic rings. The molecule has 19 heavy (non-hydrogen) atoms. The zero-order valence-corrected chi connectivity index (χ0v) is 12.5. The van der Waals surface area contributed by atoms with Crippen LogP contribution in [0.1, 0.15) is 36.2 Å². The molecule has 5 heteroatoms. The van der Waals surface area contributed by atoms with Gasteiger partial charge in [-0.05, 0) is 39.2 Å². The van der Waals surface area contributed by atoms with E-state index in [0.29, 0.717) is 11.0 Å². The highest BCUT2D eigenvalue weighted by atomic mass is 32.1. The number of pyridine rings is 1. The third-order valence-corrected chi connectivity index (χ3v) is 3.88. The fourth-order valence-electron chi connectivity index (χ4n) is 2.83. The largest absolute Gasteiger partial charge is 0.389 e. The van der Waals surface area contributed by atoms with Crippen LogP contribution in [-0.2, 0) is 4.74 Å². The monoisotopic (exact) mass is 279 g/mol. The highest BCUT2D eigenvalue weighted by molar-refractivity contribution is 7.80. The SMILES string of the molecule is COC1CCCC1Nc1cc(C)nc(C)c1C(N)=S. The van der Waals surface area contributed by atoms with E-state index in [-0.39, 0.29) is 6.10 Å². The molecule has 1 aromatic heterocycles. The maximum absolute atomic E-state index is 5.83. The van der Waals surface area contributed by atoms with Crippen molar-refractivity contribution in [3.8, 4) is 0 Å². The van der Waals surface area contributed by atoms with Crippen LogP contribution in [0, 0.1) is 13.8 Å². The first kappa shape index (κ1) is 14.2. The van der Waals surface area contributed by atoms with Crippen LogP contribution in [0.5, 0.6) is 0 Å². The molecule has 1 aromatic rings. The van der Waals surface area contributed by atoms with Crippen LogP contribution in [0.15, 0.2) is 6.07 Å². The van der Waals surface area contributed by atoms with Crippen molar-refractivity contribution in [3.63, 3.8) is 0 Å². The average molecular weight is 279 g/mol. The summed E-state index contributed by atoms with van der Waals surface area (Å²) in [5.41, 5.74) is 9.50. The van der Waals surface area contributed by atoms with Crippen molar-refractivity contribution in [1.82, 2.24) is 4.98 Å². The minimum atomic E-state index is 0.257. The van der Waals surface area contributed by atoms with Gasteiger partial charge in [-0.2, -0.15) is 0 Å². The standard InChI is InChI=1S/C14H21N3OS/c1-8-7-11(13(14(15)19)9(2)16-8)17-10-5-4-6-12(10)18-3/h7,10,12H,4-6H2,1-3H3,(H2,15,19)(H,16,17). The van der Waals surface area contributed by atoms with Crippen molar-refractivity contribution in [2.45, 2.75) is 45.3 Å². The summed E-state index contributed by atoms with van der Waals surface area (Å²) in [6.45, 7) is 3.92. The first-order valence-corrected chi connectivity index (χ1v) is 7.01. The topological polar surface area (TPSA) is 60.2 Å². The molecule has 1 aliphatic carbocycles. The molecule has 3 N–H and O–H groups in total. The molecule has 1 saturated carbocycles. The molecule has 1 heterocycles. The second-order valence-corrected chi connectivity index (χ2v) is 5.53. The molecule has 2 rings (SSSR count). The summed E-state index contributed by atoms with van der Waals surface area (Å²) in [6.07, 6.45) is 3.64. The average Bonchev–Trinajstić information content (AvgIpc) is 2.74. The fourth-order valence-corrected chi connectivity index (χ4v) is 3.08. The number of aryl methyl sites for hydroxylation is 2. The molecule has 2 atom stereocenters. The van der Waals surface area contributed by atoms with Gasteiger partial charge in [-0.15, -0.1) is 0 Å². The molecule has 0 aliphatic heterocycles. The minimum Gasteiger partial charge on any atom is -0.389 e. The van der Waals surface area contributed by atoms with Gasteiger partial charge in [0.25, 0.3) is 0 Å². The summed E-state index contributed by atoms with van der Waals surface area (Å²) >= 11 is 5.15. The Morgan fingerprint density at radius 3 is 2.84 bits per heavy atom. The lowest BCUT2D eigenvalue weighted by Crippen LogP contribution is -2.31. The number of thiocarbonyl (C=S) groups is 1. The van der Waals surface area contributed by atoms with Gasteiger partial charge < -0.3 is 15.8 Å². The van der Waals surface area contributed by atoms with E-state index in [0.717, 1.165) is 35.5 Å². The number of rotatable bonds is 4. The van der Waals surface area contributed by atoms with Gasteiger partial charge in [0.1, 0.15) is 4.99 Å². The predicted octanol–water partition coefficient (Wildman–Crippen LogP) is 2.31. The van der Waals surface area contributed by atoms with Gasteiger partial charge in [0.05, 0.1) is 17.7 Å². The van der Waals surface area contributed by atoms with Crippen molar-refractivity contribution in [2.24, 2.45) is 5.73 Å². The molecule has 4 nitrogen and oxygen atoms in total. The quantitative estimate of drug-likeness (QED) is 0.828. The lowest BCUT2D eigenvalue weighted by atomic mass is 10.1. The Bertz CT molecular complexity index is 490. The van der Waals surface area contributed by atoms with Gasteiger partial charge in [-0.3, -0.25) is 4.98 Å². The summed E-state index contributed by atoms with van der Waals surface area (Å²) in [5.74, 6) is 0. The van der Waals surface area contributed by atoms with E-state index in [2.05, 4.69) is 10.3 Å². The van der Waals surface area contributed by atoms with Gasteiger partial charge in [0, 0.05) is 24.2 Å². The van der Waals surface area contributed by atoms with Crippen LogP contribution in [0.2, 0.25) is 0 Å². The van der Waals surface area contributed by atoms with Gasteiger partial charge >= 0.3 is 0 Å². The number of nitrogens with one attached hydrogen (secondary N) is 1. The van der Waals surface area contributed by atoms with E-state index in [4.69, 9.17) is 22.7 Å². The third kappa shape index (κ3) is 3.04. The summed E-state index contributed by atoms with van der Waals surface area (Å²) in [5, 5.41) is 3.54. The van der Waals surface area contributed by atoms with Crippen LogP contribution >= 0.6 is 12.2 Å². The van der Waals surface area contributed by atoms with Crippen molar-refractivity contribution < 1.29 is 4.74 Å². The number of aromatic nitrogens is 1. The Morgan fingerprint density at radius 1 is 1.47 bits per heavy atom. The molecule has 2 unspecified atom stereocenters. The van der Waals surface area contributed by atoms with E-state index in [1.807, 2.05) is 19.9 Å². The second kappa shape index (κ2) is 5.84. The fraction of sp³-hybridized carbons (Fsp3) is 0.571. The Kier molecular flexibility index (Phi) is 4.37. The molecular weight excluding hydrogens is 258 g/mol. The van der Waals surface area contributed by atoms with Crippen LogP contribution in [0.3, 0.4) is 0 Å². The van der Waals surface area contributed by atoms with Crippen molar-refractivity contribution in [1.29, 1.82) is 0 Å². The van der Waals surface area contributed by atoms with Gasteiger partial charge in [-0.25, -0.2) is 0 Å². The highest BCUT2D eigenvalue weighted by Crippen LogP contribution is 2.28. The second-order valence-electron chi connectivity index (χ2n) is 5.09. The number of ether oxygens (including phenoxy) is 1. The number of nitrogens with two attached hydrogens (primary N) is 1. The normalized spacial score (nSPS) is 22.5. The third-order valence-electron chi connectivity index (χ3n) is 3.67. The smallest absolute Gasteiger partial charge is 0.107 e. The van der Waals surface area contributed by atoms with E-state index >= 15 is 0 Å². The predicted molar refractivity (Wildman–Crippen MR) is 81.7 cm³/mol. The van der Waals surface area contributed by atoms with Crippen LogP contribution in [-0.4, -0.2) is 29.2 Å². The molecule has 104 valence electrons. The molecule has 1 fully saturated rings. The molecule has 0 spiro atoms. The van der Waals surface area contributed by atoms with Crippen molar-refractivity contribution in [2.75, 3.05) is 12.4 Å². The van der Waals surface area contributed by atoms with Gasteiger partial charge in [0.15, 0.2) is 0 Å². The van der Waals surface area contributed by atoms with E-state index < -0.39 is 0 Å². The maximum atomic E-state index is 5.83. The number of anilines is 1.